The molecule has 1 unspecified atom stereocenters. The zero-order chi connectivity index (χ0) is 12.1. The van der Waals surface area contributed by atoms with E-state index in [-0.39, 0.29) is 12.0 Å². The summed E-state index contributed by atoms with van der Waals surface area (Å²) in [5.74, 6) is 0.925. The van der Waals surface area contributed by atoms with E-state index < -0.39 is 0 Å². The van der Waals surface area contributed by atoms with E-state index in [1.54, 1.807) is 7.11 Å². The Balaban J connectivity index is 1.66. The summed E-state index contributed by atoms with van der Waals surface area (Å²) in [7, 11) is 1.72. The van der Waals surface area contributed by atoms with Gasteiger partial charge in [-0.2, -0.15) is 0 Å². The molecule has 0 radical (unpaired) electrons. The van der Waals surface area contributed by atoms with Crippen LogP contribution in [0.3, 0.4) is 0 Å². The first kappa shape index (κ1) is 13.2. The molecule has 1 amide bonds. The molecule has 0 bridgehead atoms. The largest absolute Gasteiger partial charge is 0.380 e. The fourth-order valence-corrected chi connectivity index (χ4v) is 3.52. The van der Waals surface area contributed by atoms with Crippen LogP contribution in [0.1, 0.15) is 19.3 Å². The van der Waals surface area contributed by atoms with Crippen LogP contribution < -0.4 is 5.32 Å². The average Bonchev–Trinajstić information content (AvgIpc) is 2.86. The van der Waals surface area contributed by atoms with Crippen molar-refractivity contribution in [3.05, 3.63) is 0 Å². The average molecular weight is 258 g/mol. The van der Waals surface area contributed by atoms with E-state index in [0.717, 1.165) is 32.6 Å². The number of carbonyl (C=O) groups excluding carboxylic acids is 1. The standard InChI is InChI=1S/C12H22N2O2S/c1-16-10-4-7-14(8-10)12(15)9-17-11-2-5-13-6-3-11/h10-11,13H,2-9H2,1H3. The molecule has 2 aliphatic rings. The number of carbonyl (C=O) groups is 1. The number of thioether (sulfide) groups is 1. The van der Waals surface area contributed by atoms with Crippen LogP contribution in [0.4, 0.5) is 0 Å². The van der Waals surface area contributed by atoms with E-state index in [9.17, 15) is 4.79 Å². The molecule has 5 heteroatoms. The van der Waals surface area contributed by atoms with Crippen LogP contribution in [0.2, 0.25) is 0 Å². The van der Waals surface area contributed by atoms with Crippen molar-refractivity contribution in [2.24, 2.45) is 0 Å². The highest BCUT2D eigenvalue weighted by atomic mass is 32.2. The van der Waals surface area contributed by atoms with Crippen LogP contribution in [0.25, 0.3) is 0 Å². The molecule has 0 aromatic rings. The van der Waals surface area contributed by atoms with Gasteiger partial charge in [-0.15, -0.1) is 11.8 Å². The van der Waals surface area contributed by atoms with Gasteiger partial charge in [0.15, 0.2) is 0 Å². The van der Waals surface area contributed by atoms with Crippen LogP contribution in [0.15, 0.2) is 0 Å². The zero-order valence-electron chi connectivity index (χ0n) is 10.5. The number of piperidine rings is 1. The molecule has 2 saturated heterocycles. The van der Waals surface area contributed by atoms with Crippen molar-refractivity contribution < 1.29 is 9.53 Å². The second kappa shape index (κ2) is 6.61. The van der Waals surface area contributed by atoms with Crippen molar-refractivity contribution in [3.63, 3.8) is 0 Å². The summed E-state index contributed by atoms with van der Waals surface area (Å²) >= 11 is 1.83. The summed E-state index contributed by atoms with van der Waals surface area (Å²) in [6.45, 7) is 3.84. The first-order valence-corrected chi connectivity index (χ1v) is 7.47. The molecule has 2 rings (SSSR count). The van der Waals surface area contributed by atoms with Gasteiger partial charge in [0, 0.05) is 25.4 Å². The molecule has 1 N–H and O–H groups in total. The fourth-order valence-electron chi connectivity index (χ4n) is 2.39. The monoisotopic (exact) mass is 258 g/mol. The fraction of sp³-hybridized carbons (Fsp3) is 0.917. The van der Waals surface area contributed by atoms with Crippen LogP contribution in [-0.4, -0.2) is 61.2 Å². The molecule has 0 aromatic carbocycles. The minimum Gasteiger partial charge on any atom is -0.380 e. The second-order valence-corrected chi connectivity index (χ2v) is 6.04. The predicted octanol–water partition coefficient (Wildman–Crippen LogP) is 0.719. The van der Waals surface area contributed by atoms with E-state index in [1.165, 1.54) is 12.8 Å². The van der Waals surface area contributed by atoms with Crippen LogP contribution >= 0.6 is 11.8 Å². The molecular weight excluding hydrogens is 236 g/mol. The number of methoxy groups -OCH3 is 1. The van der Waals surface area contributed by atoms with E-state index in [4.69, 9.17) is 4.74 Å². The Kier molecular flexibility index (Phi) is 5.13. The number of amides is 1. The van der Waals surface area contributed by atoms with E-state index >= 15 is 0 Å². The zero-order valence-corrected chi connectivity index (χ0v) is 11.3. The summed E-state index contributed by atoms with van der Waals surface area (Å²) in [6, 6.07) is 0. The third kappa shape index (κ3) is 3.86. The number of rotatable bonds is 4. The quantitative estimate of drug-likeness (QED) is 0.807. The molecule has 0 spiro atoms. The van der Waals surface area contributed by atoms with Gasteiger partial charge < -0.3 is 15.0 Å². The lowest BCUT2D eigenvalue weighted by atomic mass is 10.2. The smallest absolute Gasteiger partial charge is 0.232 e. The van der Waals surface area contributed by atoms with Crippen LogP contribution in [0.5, 0.6) is 0 Å². The van der Waals surface area contributed by atoms with Gasteiger partial charge in [-0.1, -0.05) is 0 Å². The number of hydrogen-bond acceptors (Lipinski definition) is 4. The van der Waals surface area contributed by atoms with Crippen molar-refractivity contribution in [1.82, 2.24) is 10.2 Å². The lowest BCUT2D eigenvalue weighted by molar-refractivity contribution is -0.127. The number of likely N-dealkylation sites (tertiary alicyclic amines) is 1. The van der Waals surface area contributed by atoms with Gasteiger partial charge in [0.1, 0.15) is 0 Å². The van der Waals surface area contributed by atoms with Gasteiger partial charge in [-0.3, -0.25) is 4.79 Å². The molecule has 0 saturated carbocycles. The lowest BCUT2D eigenvalue weighted by Gasteiger charge is -2.23. The van der Waals surface area contributed by atoms with Gasteiger partial charge in [0.05, 0.1) is 11.9 Å². The first-order valence-electron chi connectivity index (χ1n) is 6.42. The molecule has 0 aromatic heterocycles. The van der Waals surface area contributed by atoms with Crippen molar-refractivity contribution in [2.75, 3.05) is 39.0 Å². The Morgan fingerprint density at radius 1 is 1.41 bits per heavy atom. The van der Waals surface area contributed by atoms with Crippen molar-refractivity contribution in [3.8, 4) is 0 Å². The predicted molar refractivity (Wildman–Crippen MR) is 70.3 cm³/mol. The van der Waals surface area contributed by atoms with Gasteiger partial charge in [-0.05, 0) is 32.4 Å². The summed E-state index contributed by atoms with van der Waals surface area (Å²) in [6.07, 6.45) is 3.63. The molecule has 98 valence electrons. The van der Waals surface area contributed by atoms with Gasteiger partial charge in [0.2, 0.25) is 5.91 Å². The van der Waals surface area contributed by atoms with Gasteiger partial charge in [0.25, 0.3) is 0 Å². The van der Waals surface area contributed by atoms with Crippen LogP contribution in [0, 0.1) is 0 Å². The van der Waals surface area contributed by atoms with E-state index in [1.807, 2.05) is 16.7 Å². The SMILES string of the molecule is COC1CCN(C(=O)CSC2CCNCC2)C1. The Hall–Kier alpha value is -0.260. The first-order chi connectivity index (χ1) is 8.29. The summed E-state index contributed by atoms with van der Waals surface area (Å²) in [5, 5.41) is 4.01. The molecule has 0 aliphatic carbocycles. The summed E-state index contributed by atoms with van der Waals surface area (Å²) in [4.78, 5) is 13.9. The highest BCUT2D eigenvalue weighted by Crippen LogP contribution is 2.21. The van der Waals surface area contributed by atoms with Crippen molar-refractivity contribution in [1.29, 1.82) is 0 Å². The second-order valence-electron chi connectivity index (χ2n) is 4.75. The van der Waals surface area contributed by atoms with Crippen molar-refractivity contribution >= 4 is 17.7 Å². The number of nitrogens with one attached hydrogen (secondary N) is 1. The molecule has 1 atom stereocenters. The highest BCUT2D eigenvalue weighted by Gasteiger charge is 2.26. The van der Waals surface area contributed by atoms with Gasteiger partial charge in [-0.25, -0.2) is 0 Å². The van der Waals surface area contributed by atoms with E-state index in [0.29, 0.717) is 11.0 Å². The summed E-state index contributed by atoms with van der Waals surface area (Å²) in [5.41, 5.74) is 0. The highest BCUT2D eigenvalue weighted by molar-refractivity contribution is 8.00. The number of ether oxygens (including phenoxy) is 1. The molecular formula is C12H22N2O2S. The molecule has 2 fully saturated rings. The molecule has 4 nitrogen and oxygen atoms in total. The maximum atomic E-state index is 12.0. The Morgan fingerprint density at radius 2 is 2.18 bits per heavy atom. The molecule has 17 heavy (non-hydrogen) atoms. The number of nitrogens with zero attached hydrogens (tertiary/aromatic N) is 1. The topological polar surface area (TPSA) is 41.6 Å². The molecule has 2 heterocycles. The number of hydrogen-bond donors (Lipinski definition) is 1. The normalized spacial score (nSPS) is 26.4. The third-order valence-electron chi connectivity index (χ3n) is 3.56. The maximum absolute atomic E-state index is 12.0. The van der Waals surface area contributed by atoms with Crippen molar-refractivity contribution in [2.45, 2.75) is 30.6 Å². The van der Waals surface area contributed by atoms with Gasteiger partial charge >= 0.3 is 0 Å². The Morgan fingerprint density at radius 3 is 2.82 bits per heavy atom. The lowest BCUT2D eigenvalue weighted by Crippen LogP contribution is -2.33. The van der Waals surface area contributed by atoms with Crippen LogP contribution in [-0.2, 0) is 9.53 Å². The maximum Gasteiger partial charge on any atom is 0.232 e. The Labute approximate surface area is 107 Å². The minimum absolute atomic E-state index is 0.253. The molecule has 2 aliphatic heterocycles. The summed E-state index contributed by atoms with van der Waals surface area (Å²) < 4.78 is 5.28. The minimum atomic E-state index is 0.253. The third-order valence-corrected chi connectivity index (χ3v) is 4.92. The Bertz CT molecular complexity index is 257. The van der Waals surface area contributed by atoms with E-state index in [2.05, 4.69) is 5.32 Å².